The van der Waals surface area contributed by atoms with Gasteiger partial charge in [-0.15, -0.1) is 0 Å². The second kappa shape index (κ2) is 9.50. The number of rotatable bonds is 9. The van der Waals surface area contributed by atoms with Gasteiger partial charge < -0.3 is 15.7 Å². The lowest BCUT2D eigenvalue weighted by Crippen LogP contribution is -2.40. The van der Waals surface area contributed by atoms with Gasteiger partial charge in [-0.1, -0.05) is 56.5 Å². The zero-order chi connectivity index (χ0) is 14.8. The molecule has 0 radical (unpaired) electrons. The van der Waals surface area contributed by atoms with Crippen molar-refractivity contribution >= 4 is 5.91 Å². The van der Waals surface area contributed by atoms with Gasteiger partial charge in [0.05, 0.1) is 6.61 Å². The number of aliphatic hydroxyl groups is 1. The quantitative estimate of drug-likeness (QED) is 0.680. The Morgan fingerprint density at radius 3 is 2.50 bits per heavy atom. The molecule has 1 amide bonds. The van der Waals surface area contributed by atoms with Crippen molar-refractivity contribution in [3.05, 3.63) is 35.9 Å². The summed E-state index contributed by atoms with van der Waals surface area (Å²) in [5.41, 5.74) is 6.84. The molecule has 0 saturated heterocycles. The third-order valence-corrected chi connectivity index (χ3v) is 3.39. The Bertz CT molecular complexity index is 381. The van der Waals surface area contributed by atoms with Crippen molar-refractivity contribution in [3.63, 3.8) is 0 Å². The summed E-state index contributed by atoms with van der Waals surface area (Å²) in [5, 5.41) is 9.11. The van der Waals surface area contributed by atoms with Crippen LogP contribution in [0.3, 0.4) is 0 Å². The molecule has 0 saturated carbocycles. The highest BCUT2D eigenvalue weighted by Crippen LogP contribution is 2.13. The average molecular weight is 278 g/mol. The molecular weight excluding hydrogens is 252 g/mol. The van der Waals surface area contributed by atoms with Gasteiger partial charge in [-0.25, -0.2) is 0 Å². The first-order chi connectivity index (χ1) is 9.70. The Balaban J connectivity index is 2.58. The molecule has 1 aromatic carbocycles. The monoisotopic (exact) mass is 278 g/mol. The Hall–Kier alpha value is -1.39. The normalized spacial score (nSPS) is 12.2. The molecule has 1 rings (SSSR count). The maximum absolute atomic E-state index is 12.4. The smallest absolute Gasteiger partial charge is 0.244 e. The summed E-state index contributed by atoms with van der Waals surface area (Å²) in [5.74, 6) is -0.109. The zero-order valence-corrected chi connectivity index (χ0v) is 12.3. The molecular formula is C16H26N2O2. The SMILES string of the molecule is CCCCCCN(CCO)C(=O)C(N)c1ccccc1. The third kappa shape index (κ3) is 5.31. The third-order valence-electron chi connectivity index (χ3n) is 3.39. The topological polar surface area (TPSA) is 66.6 Å². The molecule has 4 nitrogen and oxygen atoms in total. The molecule has 0 aromatic heterocycles. The summed E-state index contributed by atoms with van der Waals surface area (Å²) >= 11 is 0. The lowest BCUT2D eigenvalue weighted by molar-refractivity contribution is -0.133. The Morgan fingerprint density at radius 1 is 1.20 bits per heavy atom. The highest BCUT2D eigenvalue weighted by atomic mass is 16.3. The fraction of sp³-hybridized carbons (Fsp3) is 0.562. The van der Waals surface area contributed by atoms with Crippen LogP contribution in [0.1, 0.15) is 44.2 Å². The van der Waals surface area contributed by atoms with Crippen LogP contribution in [0.25, 0.3) is 0 Å². The van der Waals surface area contributed by atoms with E-state index in [0.717, 1.165) is 24.8 Å². The van der Waals surface area contributed by atoms with Crippen LogP contribution in [-0.2, 0) is 4.79 Å². The van der Waals surface area contributed by atoms with E-state index in [-0.39, 0.29) is 12.5 Å². The average Bonchev–Trinajstić information content (AvgIpc) is 2.50. The van der Waals surface area contributed by atoms with E-state index in [9.17, 15) is 4.79 Å². The van der Waals surface area contributed by atoms with E-state index in [1.165, 1.54) is 6.42 Å². The predicted molar refractivity (Wildman–Crippen MR) is 81.2 cm³/mol. The predicted octanol–water partition coefficient (Wildman–Crippen LogP) is 2.09. The molecule has 4 heteroatoms. The summed E-state index contributed by atoms with van der Waals surface area (Å²) < 4.78 is 0. The molecule has 0 spiro atoms. The second-order valence-electron chi connectivity index (χ2n) is 5.00. The van der Waals surface area contributed by atoms with Gasteiger partial charge in [0.15, 0.2) is 0 Å². The number of hydrogen-bond donors (Lipinski definition) is 2. The molecule has 0 aliphatic carbocycles. The van der Waals surface area contributed by atoms with Crippen LogP contribution in [0.5, 0.6) is 0 Å². The van der Waals surface area contributed by atoms with Crippen LogP contribution in [-0.4, -0.2) is 35.6 Å². The van der Waals surface area contributed by atoms with Crippen LogP contribution in [0.15, 0.2) is 30.3 Å². The Morgan fingerprint density at radius 2 is 1.90 bits per heavy atom. The van der Waals surface area contributed by atoms with Gasteiger partial charge in [-0.2, -0.15) is 0 Å². The fourth-order valence-corrected chi connectivity index (χ4v) is 2.18. The van der Waals surface area contributed by atoms with Gasteiger partial charge >= 0.3 is 0 Å². The maximum Gasteiger partial charge on any atom is 0.244 e. The van der Waals surface area contributed by atoms with Crippen molar-refractivity contribution in [2.24, 2.45) is 5.73 Å². The summed E-state index contributed by atoms with van der Waals surface area (Å²) in [7, 11) is 0. The van der Waals surface area contributed by atoms with Crippen molar-refractivity contribution in [2.45, 2.75) is 38.6 Å². The summed E-state index contributed by atoms with van der Waals surface area (Å²) in [6, 6.07) is 8.72. The minimum absolute atomic E-state index is 0.0268. The fourth-order valence-electron chi connectivity index (χ4n) is 2.18. The van der Waals surface area contributed by atoms with E-state index in [1.54, 1.807) is 4.90 Å². The van der Waals surface area contributed by atoms with Gasteiger partial charge in [0.25, 0.3) is 0 Å². The standard InChI is InChI=1S/C16H26N2O2/c1-2-3-4-8-11-18(12-13-19)16(20)15(17)14-9-6-5-7-10-14/h5-7,9-10,15,19H,2-4,8,11-13,17H2,1H3. The van der Waals surface area contributed by atoms with E-state index < -0.39 is 6.04 Å². The summed E-state index contributed by atoms with van der Waals surface area (Å²) in [4.78, 5) is 14.1. The lowest BCUT2D eigenvalue weighted by atomic mass is 10.1. The molecule has 0 fully saturated rings. The minimum Gasteiger partial charge on any atom is -0.395 e. The first-order valence-corrected chi connectivity index (χ1v) is 7.40. The van der Waals surface area contributed by atoms with Crippen LogP contribution >= 0.6 is 0 Å². The van der Waals surface area contributed by atoms with Crippen molar-refractivity contribution < 1.29 is 9.90 Å². The number of carbonyl (C=O) groups excluding carboxylic acids is 1. The number of benzene rings is 1. The second-order valence-corrected chi connectivity index (χ2v) is 5.00. The lowest BCUT2D eigenvalue weighted by Gasteiger charge is -2.25. The number of unbranched alkanes of at least 4 members (excludes halogenated alkanes) is 3. The zero-order valence-electron chi connectivity index (χ0n) is 12.3. The molecule has 0 aliphatic rings. The molecule has 0 aliphatic heterocycles. The summed E-state index contributed by atoms with van der Waals surface area (Å²) in [6.07, 6.45) is 4.40. The first kappa shape index (κ1) is 16.7. The van der Waals surface area contributed by atoms with Gasteiger partial charge in [0.1, 0.15) is 6.04 Å². The van der Waals surface area contributed by atoms with Gasteiger partial charge in [0, 0.05) is 13.1 Å². The van der Waals surface area contributed by atoms with Crippen molar-refractivity contribution in [1.29, 1.82) is 0 Å². The van der Waals surface area contributed by atoms with Gasteiger partial charge in [0.2, 0.25) is 5.91 Å². The largest absolute Gasteiger partial charge is 0.395 e. The van der Waals surface area contributed by atoms with E-state index >= 15 is 0 Å². The van der Waals surface area contributed by atoms with Crippen LogP contribution < -0.4 is 5.73 Å². The van der Waals surface area contributed by atoms with E-state index in [2.05, 4.69) is 6.92 Å². The first-order valence-electron chi connectivity index (χ1n) is 7.40. The van der Waals surface area contributed by atoms with E-state index in [0.29, 0.717) is 13.1 Å². The Kier molecular flexibility index (Phi) is 7.92. The molecule has 3 N–H and O–H groups in total. The van der Waals surface area contributed by atoms with Crippen LogP contribution in [0.4, 0.5) is 0 Å². The number of aliphatic hydroxyl groups excluding tert-OH is 1. The number of nitrogens with two attached hydrogens (primary N) is 1. The Labute approximate surface area is 121 Å². The van der Waals surface area contributed by atoms with E-state index in [4.69, 9.17) is 10.8 Å². The van der Waals surface area contributed by atoms with Crippen LogP contribution in [0, 0.1) is 0 Å². The molecule has 0 heterocycles. The molecule has 112 valence electrons. The highest BCUT2D eigenvalue weighted by molar-refractivity contribution is 5.83. The maximum atomic E-state index is 12.4. The van der Waals surface area contributed by atoms with Gasteiger partial charge in [-0.05, 0) is 12.0 Å². The van der Waals surface area contributed by atoms with Crippen molar-refractivity contribution in [3.8, 4) is 0 Å². The van der Waals surface area contributed by atoms with E-state index in [1.807, 2.05) is 30.3 Å². The number of carbonyl (C=O) groups is 1. The molecule has 1 atom stereocenters. The highest BCUT2D eigenvalue weighted by Gasteiger charge is 2.21. The minimum atomic E-state index is -0.645. The summed E-state index contributed by atoms with van der Waals surface area (Å²) in [6.45, 7) is 3.15. The molecule has 20 heavy (non-hydrogen) atoms. The molecule has 0 bridgehead atoms. The number of amides is 1. The van der Waals surface area contributed by atoms with Gasteiger partial charge in [-0.3, -0.25) is 4.79 Å². The molecule has 1 unspecified atom stereocenters. The van der Waals surface area contributed by atoms with Crippen molar-refractivity contribution in [1.82, 2.24) is 4.90 Å². The number of nitrogens with zero attached hydrogens (tertiary/aromatic N) is 1. The van der Waals surface area contributed by atoms with Crippen molar-refractivity contribution in [2.75, 3.05) is 19.7 Å². The molecule has 1 aromatic rings. The number of hydrogen-bond acceptors (Lipinski definition) is 3. The van der Waals surface area contributed by atoms with Crippen LogP contribution in [0.2, 0.25) is 0 Å².